The number of benzene rings is 4. The van der Waals surface area contributed by atoms with Gasteiger partial charge in [-0.3, -0.25) is 9.59 Å². The molecular formula is C33H26N4O5. The van der Waals surface area contributed by atoms with Crippen LogP contribution in [0.3, 0.4) is 0 Å². The van der Waals surface area contributed by atoms with Crippen molar-refractivity contribution in [1.29, 1.82) is 0 Å². The monoisotopic (exact) mass is 558 g/mol. The van der Waals surface area contributed by atoms with E-state index in [1.165, 1.54) is 0 Å². The van der Waals surface area contributed by atoms with Crippen molar-refractivity contribution >= 4 is 23.2 Å². The molecule has 0 radical (unpaired) electrons. The van der Waals surface area contributed by atoms with E-state index in [9.17, 15) is 9.59 Å². The minimum Gasteiger partial charge on any atom is -0.493 e. The van der Waals surface area contributed by atoms with Gasteiger partial charge in [-0.2, -0.15) is 9.97 Å². The quantitative estimate of drug-likeness (QED) is 0.218. The van der Waals surface area contributed by atoms with Crippen molar-refractivity contribution in [3.63, 3.8) is 0 Å². The average Bonchev–Trinajstić information content (AvgIpc) is 3.03. The molecule has 0 saturated carbocycles. The van der Waals surface area contributed by atoms with Gasteiger partial charge in [-0.05, 0) is 30.2 Å². The van der Waals surface area contributed by atoms with E-state index in [0.29, 0.717) is 29.2 Å². The maximum Gasteiger partial charge on any atom is 0.324 e. The van der Waals surface area contributed by atoms with Crippen LogP contribution in [0.1, 0.15) is 49.9 Å². The summed E-state index contributed by atoms with van der Waals surface area (Å²) in [7, 11) is 0. The summed E-state index contributed by atoms with van der Waals surface area (Å²) in [6, 6.07) is 29.4. The van der Waals surface area contributed by atoms with Gasteiger partial charge < -0.3 is 19.5 Å². The Morgan fingerprint density at radius 3 is 1.67 bits per heavy atom. The molecule has 9 heteroatoms. The summed E-state index contributed by atoms with van der Waals surface area (Å²) < 4.78 is 17.5. The van der Waals surface area contributed by atoms with Crippen LogP contribution >= 0.6 is 0 Å². The minimum absolute atomic E-state index is 0.0342. The Morgan fingerprint density at radius 2 is 1.12 bits per heavy atom. The highest BCUT2D eigenvalue weighted by molar-refractivity contribution is 6.31. The highest BCUT2D eigenvalue weighted by Crippen LogP contribution is 2.38. The summed E-state index contributed by atoms with van der Waals surface area (Å²) in [5.41, 5.74) is 3.24. The Bertz CT molecular complexity index is 1700. The summed E-state index contributed by atoms with van der Waals surface area (Å²) in [4.78, 5) is 40.5. The number of carbonyl (C=O) groups excluding carboxylic acids is 2. The van der Waals surface area contributed by atoms with Crippen molar-refractivity contribution in [2.24, 2.45) is 0 Å². The Morgan fingerprint density at radius 1 is 0.595 bits per heavy atom. The van der Waals surface area contributed by atoms with Crippen LogP contribution in [0, 0.1) is 0 Å². The van der Waals surface area contributed by atoms with Crippen LogP contribution in [0.4, 0.5) is 11.6 Å². The third kappa shape index (κ3) is 5.53. The number of nitrogens with one attached hydrogen (secondary N) is 1. The van der Waals surface area contributed by atoms with E-state index in [2.05, 4.69) is 20.3 Å². The summed E-state index contributed by atoms with van der Waals surface area (Å²) in [6.45, 7) is 2.61. The second-order valence-electron chi connectivity index (χ2n) is 9.40. The number of hydrogen-bond donors (Lipinski definition) is 1. The van der Waals surface area contributed by atoms with E-state index in [-0.39, 0.29) is 53.9 Å². The molecule has 42 heavy (non-hydrogen) atoms. The number of rotatable bonds is 10. The Kier molecular flexibility index (Phi) is 7.54. The van der Waals surface area contributed by atoms with E-state index >= 15 is 0 Å². The lowest BCUT2D eigenvalue weighted by molar-refractivity contribution is 0.0976. The molecular weight excluding hydrogens is 532 g/mol. The third-order valence-electron chi connectivity index (χ3n) is 6.60. The van der Waals surface area contributed by atoms with E-state index in [0.717, 1.165) is 11.1 Å². The zero-order valence-corrected chi connectivity index (χ0v) is 22.7. The number of nitrogens with zero attached hydrogens (tertiary/aromatic N) is 3. The van der Waals surface area contributed by atoms with Gasteiger partial charge in [0.2, 0.25) is 5.95 Å². The number of hydrogen-bond acceptors (Lipinski definition) is 9. The standard InChI is InChI=1S/C33H26N4O5/c1-2-40-26-18-17-25(27-28(26)30(39)24-16-10-9-15-23(24)29(27)38)34-31-35-32(41-19-21-11-5-3-6-12-21)37-33(36-31)42-20-22-13-7-4-8-14-22/h3-18H,2,19-20H2,1H3,(H,34,35,36,37). The molecule has 6 rings (SSSR count). The normalized spacial score (nSPS) is 11.8. The molecule has 1 N–H and O–H groups in total. The first kappa shape index (κ1) is 26.6. The maximum atomic E-state index is 13.7. The lowest BCUT2D eigenvalue weighted by atomic mass is 9.82. The number of carbonyl (C=O) groups is 2. The van der Waals surface area contributed by atoms with E-state index in [1.54, 1.807) is 36.4 Å². The predicted molar refractivity (Wildman–Crippen MR) is 156 cm³/mol. The Balaban J connectivity index is 1.36. The van der Waals surface area contributed by atoms with Gasteiger partial charge in [-0.1, -0.05) is 84.9 Å². The summed E-state index contributed by atoms with van der Waals surface area (Å²) in [5.74, 6) is -0.178. The number of aromatic nitrogens is 3. The molecule has 0 amide bonds. The van der Waals surface area contributed by atoms with Crippen LogP contribution in [0.15, 0.2) is 97.1 Å². The highest BCUT2D eigenvalue weighted by atomic mass is 16.5. The van der Waals surface area contributed by atoms with Gasteiger partial charge >= 0.3 is 12.0 Å². The average molecular weight is 559 g/mol. The minimum atomic E-state index is -0.306. The van der Waals surface area contributed by atoms with E-state index in [4.69, 9.17) is 14.2 Å². The fourth-order valence-corrected chi connectivity index (χ4v) is 4.66. The summed E-state index contributed by atoms with van der Waals surface area (Å²) in [6.07, 6.45) is 0. The van der Waals surface area contributed by atoms with Crippen LogP contribution in [-0.2, 0) is 13.2 Å². The smallest absolute Gasteiger partial charge is 0.324 e. The summed E-state index contributed by atoms with van der Waals surface area (Å²) >= 11 is 0. The van der Waals surface area contributed by atoms with Crippen LogP contribution in [-0.4, -0.2) is 33.1 Å². The highest BCUT2D eigenvalue weighted by Gasteiger charge is 2.34. The van der Waals surface area contributed by atoms with Gasteiger partial charge in [-0.25, -0.2) is 0 Å². The molecule has 0 saturated heterocycles. The van der Waals surface area contributed by atoms with Crippen molar-refractivity contribution in [2.75, 3.05) is 11.9 Å². The lowest BCUT2D eigenvalue weighted by Gasteiger charge is -2.23. The second-order valence-corrected chi connectivity index (χ2v) is 9.40. The van der Waals surface area contributed by atoms with Crippen LogP contribution in [0.5, 0.6) is 17.8 Å². The Hall–Kier alpha value is -5.57. The molecule has 0 fully saturated rings. The molecule has 0 aliphatic heterocycles. The number of ether oxygens (including phenoxy) is 3. The number of ketones is 2. The first-order valence-electron chi connectivity index (χ1n) is 13.5. The second kappa shape index (κ2) is 11.9. The van der Waals surface area contributed by atoms with Crippen molar-refractivity contribution in [1.82, 2.24) is 15.0 Å². The van der Waals surface area contributed by atoms with E-state index < -0.39 is 0 Å². The molecule has 1 aromatic heterocycles. The fourth-order valence-electron chi connectivity index (χ4n) is 4.66. The van der Waals surface area contributed by atoms with Gasteiger partial charge in [0.15, 0.2) is 11.6 Å². The maximum absolute atomic E-state index is 13.7. The molecule has 1 aliphatic rings. The van der Waals surface area contributed by atoms with Crippen molar-refractivity contribution in [3.8, 4) is 17.8 Å². The van der Waals surface area contributed by atoms with Crippen LogP contribution in [0.25, 0.3) is 0 Å². The topological polar surface area (TPSA) is 113 Å². The van der Waals surface area contributed by atoms with Crippen molar-refractivity contribution in [2.45, 2.75) is 20.1 Å². The molecule has 0 atom stereocenters. The first-order chi connectivity index (χ1) is 20.6. The molecule has 1 aliphatic carbocycles. The SMILES string of the molecule is CCOc1ccc(Nc2nc(OCc3ccccc3)nc(OCc3ccccc3)n2)c2c1C(=O)c1ccccc1C2=O. The fraction of sp³-hybridized carbons (Fsp3) is 0.121. The predicted octanol–water partition coefficient (Wildman–Crippen LogP) is 5.95. The van der Waals surface area contributed by atoms with Crippen molar-refractivity contribution < 1.29 is 23.8 Å². The molecule has 0 unspecified atom stereocenters. The summed E-state index contributed by atoms with van der Waals surface area (Å²) in [5, 5.41) is 3.11. The molecule has 1 heterocycles. The largest absolute Gasteiger partial charge is 0.493 e. The first-order valence-corrected chi connectivity index (χ1v) is 13.5. The van der Waals surface area contributed by atoms with Crippen molar-refractivity contribution in [3.05, 3.63) is 130 Å². The van der Waals surface area contributed by atoms with E-state index in [1.807, 2.05) is 67.6 Å². The van der Waals surface area contributed by atoms with Crippen LogP contribution in [0.2, 0.25) is 0 Å². The molecule has 208 valence electrons. The lowest BCUT2D eigenvalue weighted by Crippen LogP contribution is -2.23. The number of anilines is 2. The zero-order valence-electron chi connectivity index (χ0n) is 22.7. The number of fused-ring (bicyclic) bond motifs is 2. The van der Waals surface area contributed by atoms with Gasteiger partial charge in [0.1, 0.15) is 19.0 Å². The third-order valence-corrected chi connectivity index (χ3v) is 6.60. The molecule has 9 nitrogen and oxygen atoms in total. The van der Waals surface area contributed by atoms with Gasteiger partial charge in [0.25, 0.3) is 0 Å². The van der Waals surface area contributed by atoms with Gasteiger partial charge in [0, 0.05) is 11.1 Å². The van der Waals surface area contributed by atoms with Gasteiger partial charge in [0.05, 0.1) is 23.4 Å². The molecule has 5 aromatic rings. The Labute approximate surface area is 242 Å². The molecule has 0 spiro atoms. The van der Waals surface area contributed by atoms with Crippen LogP contribution < -0.4 is 19.5 Å². The zero-order chi connectivity index (χ0) is 28.9. The molecule has 0 bridgehead atoms. The molecule has 4 aromatic carbocycles. The van der Waals surface area contributed by atoms with Gasteiger partial charge in [-0.15, -0.1) is 4.98 Å².